The van der Waals surface area contributed by atoms with Gasteiger partial charge in [-0.3, -0.25) is 0 Å². The highest BCUT2D eigenvalue weighted by atomic mass is 14.4. The standard InChI is InChI=1S/C22H42/c1-3-5-7-10-19-14-16-21(17-15-19)22-13-9-12-20(18-22)11-8-6-4-2/h19-22H,3-18H2,1-2H3. The molecule has 0 spiro atoms. The molecule has 0 amide bonds. The number of hydrogen-bond acceptors (Lipinski definition) is 0. The molecule has 2 aliphatic rings. The summed E-state index contributed by atoms with van der Waals surface area (Å²) in [5.74, 6) is 4.40. The molecule has 2 atom stereocenters. The molecule has 0 bridgehead atoms. The van der Waals surface area contributed by atoms with Gasteiger partial charge >= 0.3 is 0 Å². The highest BCUT2D eigenvalue weighted by Crippen LogP contribution is 2.43. The maximum Gasteiger partial charge on any atom is -0.0383 e. The van der Waals surface area contributed by atoms with Crippen LogP contribution in [0.1, 0.15) is 117 Å². The Hall–Kier alpha value is 0. The van der Waals surface area contributed by atoms with Crippen LogP contribution >= 0.6 is 0 Å². The average molecular weight is 307 g/mol. The van der Waals surface area contributed by atoms with Gasteiger partial charge in [-0.15, -0.1) is 0 Å². The van der Waals surface area contributed by atoms with Gasteiger partial charge in [0.05, 0.1) is 0 Å². The molecular formula is C22H42. The van der Waals surface area contributed by atoms with Crippen LogP contribution in [0.15, 0.2) is 0 Å². The molecule has 2 unspecified atom stereocenters. The minimum atomic E-state index is 1.09. The minimum Gasteiger partial charge on any atom is -0.0654 e. The molecule has 2 fully saturated rings. The Morgan fingerprint density at radius 3 is 1.86 bits per heavy atom. The zero-order valence-corrected chi connectivity index (χ0v) is 15.6. The van der Waals surface area contributed by atoms with Gasteiger partial charge in [-0.25, -0.2) is 0 Å². The van der Waals surface area contributed by atoms with Gasteiger partial charge in [-0.2, -0.15) is 0 Å². The van der Waals surface area contributed by atoms with Crippen LogP contribution in [0.25, 0.3) is 0 Å². The van der Waals surface area contributed by atoms with Crippen molar-refractivity contribution >= 4 is 0 Å². The van der Waals surface area contributed by atoms with Crippen LogP contribution < -0.4 is 0 Å². The van der Waals surface area contributed by atoms with E-state index in [1.54, 1.807) is 44.9 Å². The smallest absolute Gasteiger partial charge is 0.0383 e. The van der Waals surface area contributed by atoms with Crippen LogP contribution in [0, 0.1) is 23.7 Å². The first-order valence-electron chi connectivity index (χ1n) is 10.8. The van der Waals surface area contributed by atoms with E-state index < -0.39 is 0 Å². The number of hydrogen-bond donors (Lipinski definition) is 0. The SMILES string of the molecule is CCCCCC1CCC(C2CCCC(CCCCC)C2)CC1. The second kappa shape index (κ2) is 10.7. The van der Waals surface area contributed by atoms with Gasteiger partial charge in [-0.05, 0) is 42.9 Å². The molecule has 2 rings (SSSR count). The normalized spacial score (nSPS) is 33.0. The fourth-order valence-electron chi connectivity index (χ4n) is 5.34. The summed E-state index contributed by atoms with van der Waals surface area (Å²) in [6.45, 7) is 4.67. The molecule has 0 N–H and O–H groups in total. The van der Waals surface area contributed by atoms with Gasteiger partial charge in [0.25, 0.3) is 0 Å². The summed E-state index contributed by atoms with van der Waals surface area (Å²) >= 11 is 0. The molecule has 2 aliphatic carbocycles. The Bertz CT molecular complexity index is 261. The molecule has 0 saturated heterocycles. The predicted molar refractivity (Wildman–Crippen MR) is 99.2 cm³/mol. The summed E-state index contributed by atoms with van der Waals surface area (Å²) < 4.78 is 0. The van der Waals surface area contributed by atoms with Gasteiger partial charge in [0.1, 0.15) is 0 Å². The molecule has 0 heteroatoms. The summed E-state index contributed by atoms with van der Waals surface area (Å²) in [6.07, 6.45) is 24.3. The van der Waals surface area contributed by atoms with E-state index in [0.717, 1.165) is 23.7 Å². The summed E-state index contributed by atoms with van der Waals surface area (Å²) in [5, 5.41) is 0. The monoisotopic (exact) mass is 306 g/mol. The second-order valence-corrected chi connectivity index (χ2v) is 8.57. The lowest BCUT2D eigenvalue weighted by molar-refractivity contribution is 0.132. The Morgan fingerprint density at radius 1 is 0.591 bits per heavy atom. The first kappa shape index (κ1) is 18.3. The van der Waals surface area contributed by atoms with E-state index in [4.69, 9.17) is 0 Å². The quantitative estimate of drug-likeness (QED) is 0.382. The van der Waals surface area contributed by atoms with Crippen molar-refractivity contribution in [2.75, 3.05) is 0 Å². The van der Waals surface area contributed by atoms with Crippen LogP contribution in [0.4, 0.5) is 0 Å². The topological polar surface area (TPSA) is 0 Å². The highest BCUT2D eigenvalue weighted by Gasteiger charge is 2.31. The van der Waals surface area contributed by atoms with Crippen molar-refractivity contribution < 1.29 is 0 Å². The van der Waals surface area contributed by atoms with Crippen LogP contribution in [-0.2, 0) is 0 Å². The summed E-state index contributed by atoms with van der Waals surface area (Å²) in [4.78, 5) is 0. The fourth-order valence-corrected chi connectivity index (χ4v) is 5.34. The Labute approximate surface area is 140 Å². The van der Waals surface area contributed by atoms with Crippen LogP contribution in [0.2, 0.25) is 0 Å². The van der Waals surface area contributed by atoms with E-state index in [-0.39, 0.29) is 0 Å². The molecule has 22 heavy (non-hydrogen) atoms. The molecule has 0 radical (unpaired) electrons. The second-order valence-electron chi connectivity index (χ2n) is 8.57. The largest absolute Gasteiger partial charge is 0.0654 e. The van der Waals surface area contributed by atoms with Crippen molar-refractivity contribution in [2.45, 2.75) is 117 Å². The van der Waals surface area contributed by atoms with Crippen molar-refractivity contribution in [1.82, 2.24) is 0 Å². The van der Waals surface area contributed by atoms with Gasteiger partial charge in [-0.1, -0.05) is 97.3 Å². The first-order valence-corrected chi connectivity index (χ1v) is 10.8. The lowest BCUT2D eigenvalue weighted by Crippen LogP contribution is -2.26. The Kier molecular flexibility index (Phi) is 8.93. The third-order valence-corrected chi connectivity index (χ3v) is 6.81. The lowest BCUT2D eigenvalue weighted by atomic mass is 9.67. The molecule has 0 nitrogen and oxygen atoms in total. The van der Waals surface area contributed by atoms with Gasteiger partial charge in [0.15, 0.2) is 0 Å². The van der Waals surface area contributed by atoms with Crippen LogP contribution in [0.3, 0.4) is 0 Å². The average Bonchev–Trinajstić information content (AvgIpc) is 2.56. The maximum atomic E-state index is 2.34. The van der Waals surface area contributed by atoms with Crippen molar-refractivity contribution in [3.05, 3.63) is 0 Å². The van der Waals surface area contributed by atoms with Crippen molar-refractivity contribution in [1.29, 1.82) is 0 Å². The predicted octanol–water partition coefficient (Wildman–Crippen LogP) is 7.76. The van der Waals surface area contributed by atoms with Crippen LogP contribution in [-0.4, -0.2) is 0 Å². The van der Waals surface area contributed by atoms with E-state index in [1.165, 1.54) is 57.8 Å². The molecule has 0 aliphatic heterocycles. The van der Waals surface area contributed by atoms with Crippen molar-refractivity contribution in [3.63, 3.8) is 0 Å². The third kappa shape index (κ3) is 6.25. The lowest BCUT2D eigenvalue weighted by Gasteiger charge is -2.38. The van der Waals surface area contributed by atoms with E-state index in [9.17, 15) is 0 Å². The molecule has 2 saturated carbocycles. The van der Waals surface area contributed by atoms with E-state index in [1.807, 2.05) is 0 Å². The molecule has 0 heterocycles. The third-order valence-electron chi connectivity index (χ3n) is 6.81. The maximum absolute atomic E-state index is 2.34. The number of rotatable bonds is 9. The van der Waals surface area contributed by atoms with E-state index in [2.05, 4.69) is 13.8 Å². The van der Waals surface area contributed by atoms with Crippen LogP contribution in [0.5, 0.6) is 0 Å². The molecule has 0 aromatic heterocycles. The van der Waals surface area contributed by atoms with E-state index >= 15 is 0 Å². The van der Waals surface area contributed by atoms with Gasteiger partial charge in [0, 0.05) is 0 Å². The molecule has 130 valence electrons. The Morgan fingerprint density at radius 2 is 1.23 bits per heavy atom. The zero-order valence-electron chi connectivity index (χ0n) is 15.6. The summed E-state index contributed by atoms with van der Waals surface area (Å²) in [7, 11) is 0. The molecule has 0 aromatic rings. The fraction of sp³-hybridized carbons (Fsp3) is 1.00. The minimum absolute atomic E-state index is 1.09. The molecular weight excluding hydrogens is 264 g/mol. The summed E-state index contributed by atoms with van der Waals surface area (Å²) in [6, 6.07) is 0. The highest BCUT2D eigenvalue weighted by molar-refractivity contribution is 4.82. The van der Waals surface area contributed by atoms with Gasteiger partial charge in [0.2, 0.25) is 0 Å². The zero-order chi connectivity index (χ0) is 15.6. The van der Waals surface area contributed by atoms with E-state index in [0.29, 0.717) is 0 Å². The molecule has 0 aromatic carbocycles. The van der Waals surface area contributed by atoms with Crippen molar-refractivity contribution in [2.24, 2.45) is 23.7 Å². The van der Waals surface area contributed by atoms with Crippen molar-refractivity contribution in [3.8, 4) is 0 Å². The Balaban J connectivity index is 1.65. The number of unbranched alkanes of at least 4 members (excludes halogenated alkanes) is 4. The first-order chi connectivity index (χ1) is 10.8. The summed E-state index contributed by atoms with van der Waals surface area (Å²) in [5.41, 5.74) is 0. The van der Waals surface area contributed by atoms with Gasteiger partial charge < -0.3 is 0 Å².